The number of nitrogens with one attached hydrogen (secondary N) is 1. The van der Waals surface area contributed by atoms with Gasteiger partial charge in [-0.2, -0.15) is 16.4 Å². The standard InChI is InChI=1S/C14H15BrN4OS/c15-12-9-21-8-11(12)14(20)17-10-3-2-6-19(7-10)13-4-1-5-16-18-13/h1,4-5,8-10H,2-3,6-7H2,(H,17,20). The number of aromatic nitrogens is 2. The predicted octanol–water partition coefficient (Wildman–Crippen LogP) is 2.70. The van der Waals surface area contributed by atoms with E-state index in [4.69, 9.17) is 0 Å². The molecule has 1 N–H and O–H groups in total. The molecule has 7 heteroatoms. The molecule has 1 amide bonds. The van der Waals surface area contributed by atoms with E-state index >= 15 is 0 Å². The van der Waals surface area contributed by atoms with Crippen molar-refractivity contribution in [2.45, 2.75) is 18.9 Å². The second-order valence-electron chi connectivity index (χ2n) is 4.97. The first kappa shape index (κ1) is 14.5. The summed E-state index contributed by atoms with van der Waals surface area (Å²) in [6.45, 7) is 1.72. The van der Waals surface area contributed by atoms with Crippen LogP contribution in [0, 0.1) is 0 Å². The molecule has 1 atom stereocenters. The van der Waals surface area contributed by atoms with Gasteiger partial charge in [-0.25, -0.2) is 0 Å². The van der Waals surface area contributed by atoms with Crippen molar-refractivity contribution in [1.29, 1.82) is 0 Å². The van der Waals surface area contributed by atoms with E-state index in [0.29, 0.717) is 5.56 Å². The van der Waals surface area contributed by atoms with Crippen molar-refractivity contribution < 1.29 is 4.79 Å². The van der Waals surface area contributed by atoms with Gasteiger partial charge in [-0.1, -0.05) is 0 Å². The Morgan fingerprint density at radius 2 is 2.38 bits per heavy atom. The third-order valence-corrected chi connectivity index (χ3v) is 5.20. The Balaban J connectivity index is 1.64. The first-order valence-electron chi connectivity index (χ1n) is 6.79. The summed E-state index contributed by atoms with van der Waals surface area (Å²) in [5, 5.41) is 14.9. The molecule has 110 valence electrons. The summed E-state index contributed by atoms with van der Waals surface area (Å²) >= 11 is 4.92. The molecule has 1 saturated heterocycles. The van der Waals surface area contributed by atoms with Crippen LogP contribution in [0.1, 0.15) is 23.2 Å². The quantitative estimate of drug-likeness (QED) is 0.906. The Morgan fingerprint density at radius 1 is 1.48 bits per heavy atom. The van der Waals surface area contributed by atoms with Crippen molar-refractivity contribution in [3.63, 3.8) is 0 Å². The highest BCUT2D eigenvalue weighted by atomic mass is 79.9. The van der Waals surface area contributed by atoms with Gasteiger partial charge in [0.15, 0.2) is 5.82 Å². The summed E-state index contributed by atoms with van der Waals surface area (Å²) in [4.78, 5) is 14.4. The number of hydrogen-bond acceptors (Lipinski definition) is 5. The molecular weight excluding hydrogens is 352 g/mol. The average molecular weight is 367 g/mol. The largest absolute Gasteiger partial charge is 0.353 e. The van der Waals surface area contributed by atoms with Crippen LogP contribution in [0.5, 0.6) is 0 Å². The zero-order valence-electron chi connectivity index (χ0n) is 11.3. The number of carbonyl (C=O) groups is 1. The second-order valence-corrected chi connectivity index (χ2v) is 6.57. The lowest BCUT2D eigenvalue weighted by Crippen LogP contribution is -2.48. The summed E-state index contributed by atoms with van der Waals surface area (Å²) in [5.41, 5.74) is 0.705. The Kier molecular flexibility index (Phi) is 4.50. The minimum atomic E-state index is -0.0193. The summed E-state index contributed by atoms with van der Waals surface area (Å²) in [7, 11) is 0. The smallest absolute Gasteiger partial charge is 0.253 e. The molecule has 2 aromatic heterocycles. The van der Waals surface area contributed by atoms with Gasteiger partial charge in [0.1, 0.15) is 0 Å². The van der Waals surface area contributed by atoms with E-state index in [1.54, 1.807) is 6.20 Å². The summed E-state index contributed by atoms with van der Waals surface area (Å²) in [5.74, 6) is 0.849. The molecule has 1 fully saturated rings. The van der Waals surface area contributed by atoms with Gasteiger partial charge in [-0.3, -0.25) is 4.79 Å². The van der Waals surface area contributed by atoms with Crippen LogP contribution < -0.4 is 10.2 Å². The lowest BCUT2D eigenvalue weighted by molar-refractivity contribution is 0.0933. The zero-order valence-corrected chi connectivity index (χ0v) is 13.7. The molecule has 3 heterocycles. The van der Waals surface area contributed by atoms with Crippen LogP contribution in [0.15, 0.2) is 33.6 Å². The van der Waals surface area contributed by atoms with Gasteiger partial charge in [-0.15, -0.1) is 5.10 Å². The topological polar surface area (TPSA) is 58.1 Å². The minimum Gasteiger partial charge on any atom is -0.353 e. The maximum atomic E-state index is 12.3. The van der Waals surface area contributed by atoms with Crippen LogP contribution in [-0.4, -0.2) is 35.2 Å². The number of piperidine rings is 1. The van der Waals surface area contributed by atoms with E-state index < -0.39 is 0 Å². The Bertz CT molecular complexity index is 618. The highest BCUT2D eigenvalue weighted by molar-refractivity contribution is 9.10. The van der Waals surface area contributed by atoms with Crippen LogP contribution in [0.3, 0.4) is 0 Å². The fraction of sp³-hybridized carbons (Fsp3) is 0.357. The molecule has 5 nitrogen and oxygen atoms in total. The lowest BCUT2D eigenvalue weighted by atomic mass is 10.1. The van der Waals surface area contributed by atoms with Crippen molar-refractivity contribution in [3.05, 3.63) is 39.1 Å². The van der Waals surface area contributed by atoms with Gasteiger partial charge < -0.3 is 10.2 Å². The van der Waals surface area contributed by atoms with E-state index in [1.165, 1.54) is 11.3 Å². The van der Waals surface area contributed by atoms with Crippen molar-refractivity contribution in [1.82, 2.24) is 15.5 Å². The van der Waals surface area contributed by atoms with Gasteiger partial charge >= 0.3 is 0 Å². The van der Waals surface area contributed by atoms with Gasteiger partial charge in [0.2, 0.25) is 0 Å². The predicted molar refractivity (Wildman–Crippen MR) is 86.8 cm³/mol. The molecule has 2 aromatic rings. The highest BCUT2D eigenvalue weighted by Crippen LogP contribution is 2.22. The fourth-order valence-corrected chi connectivity index (χ4v) is 3.93. The van der Waals surface area contributed by atoms with E-state index in [9.17, 15) is 4.79 Å². The molecule has 21 heavy (non-hydrogen) atoms. The molecule has 1 unspecified atom stereocenters. The van der Waals surface area contributed by atoms with E-state index in [-0.39, 0.29) is 11.9 Å². The van der Waals surface area contributed by atoms with Crippen LogP contribution in [0.4, 0.5) is 5.82 Å². The summed E-state index contributed by atoms with van der Waals surface area (Å²) in [6, 6.07) is 3.97. The van der Waals surface area contributed by atoms with Gasteiger partial charge in [0.25, 0.3) is 5.91 Å². The number of carbonyl (C=O) groups excluding carboxylic acids is 1. The number of thiophene rings is 1. The van der Waals surface area contributed by atoms with E-state index in [1.807, 2.05) is 22.9 Å². The molecule has 0 spiro atoms. The molecule has 1 aliphatic heterocycles. The van der Waals surface area contributed by atoms with Crippen molar-refractivity contribution >= 4 is 39.0 Å². The van der Waals surface area contributed by atoms with Gasteiger partial charge in [-0.05, 0) is 40.9 Å². The number of halogens is 1. The van der Waals surface area contributed by atoms with E-state index in [2.05, 4.69) is 36.3 Å². The first-order valence-corrected chi connectivity index (χ1v) is 8.53. The SMILES string of the molecule is O=C(NC1CCCN(c2cccnn2)C1)c1cscc1Br. The third-order valence-electron chi connectivity index (χ3n) is 3.50. The number of amides is 1. The molecule has 0 radical (unpaired) electrons. The Hall–Kier alpha value is -1.47. The van der Waals surface area contributed by atoms with Crippen LogP contribution in [0.25, 0.3) is 0 Å². The molecular formula is C14H15BrN4OS. The molecule has 3 rings (SSSR count). The molecule has 0 aliphatic carbocycles. The number of anilines is 1. The van der Waals surface area contributed by atoms with Gasteiger partial charge in [0.05, 0.1) is 5.56 Å². The monoisotopic (exact) mass is 366 g/mol. The van der Waals surface area contributed by atoms with Crippen LogP contribution >= 0.6 is 27.3 Å². The molecule has 1 aliphatic rings. The number of nitrogens with zero attached hydrogens (tertiary/aromatic N) is 3. The van der Waals surface area contributed by atoms with Crippen molar-refractivity contribution in [2.24, 2.45) is 0 Å². The third kappa shape index (κ3) is 3.41. The summed E-state index contributed by atoms with van der Waals surface area (Å²) < 4.78 is 0.853. The van der Waals surface area contributed by atoms with Crippen LogP contribution in [0.2, 0.25) is 0 Å². The number of rotatable bonds is 3. The minimum absolute atomic E-state index is 0.0193. The normalized spacial score (nSPS) is 18.5. The zero-order chi connectivity index (χ0) is 14.7. The maximum absolute atomic E-state index is 12.3. The first-order chi connectivity index (χ1) is 10.2. The second kappa shape index (κ2) is 6.53. The van der Waals surface area contributed by atoms with Gasteiger partial charge in [0, 0.05) is 40.6 Å². The Morgan fingerprint density at radius 3 is 3.10 bits per heavy atom. The Labute approximate surface area is 135 Å². The lowest BCUT2D eigenvalue weighted by Gasteiger charge is -2.33. The van der Waals surface area contributed by atoms with Crippen LogP contribution in [-0.2, 0) is 0 Å². The average Bonchev–Trinajstić information content (AvgIpc) is 2.95. The fourth-order valence-electron chi connectivity index (χ4n) is 2.47. The molecule has 0 bridgehead atoms. The number of hydrogen-bond donors (Lipinski definition) is 1. The summed E-state index contributed by atoms with van der Waals surface area (Å²) in [6.07, 6.45) is 3.69. The van der Waals surface area contributed by atoms with Crippen molar-refractivity contribution in [3.8, 4) is 0 Å². The maximum Gasteiger partial charge on any atom is 0.253 e. The molecule has 0 saturated carbocycles. The van der Waals surface area contributed by atoms with E-state index in [0.717, 1.165) is 36.2 Å². The van der Waals surface area contributed by atoms with Crippen molar-refractivity contribution in [2.75, 3.05) is 18.0 Å². The highest BCUT2D eigenvalue weighted by Gasteiger charge is 2.23. The molecule has 0 aromatic carbocycles.